The molecule has 3 N–H and O–H groups in total. The van der Waals surface area contributed by atoms with Crippen molar-refractivity contribution in [1.82, 2.24) is 4.98 Å². The number of nitrogens with one attached hydrogen (secondary N) is 1. The molecule has 0 bridgehead atoms. The second-order valence-electron chi connectivity index (χ2n) is 6.32. The lowest BCUT2D eigenvalue weighted by Gasteiger charge is -2.12. The van der Waals surface area contributed by atoms with Crippen molar-refractivity contribution in [3.8, 4) is 17.2 Å². The Morgan fingerprint density at radius 1 is 1.13 bits per heavy atom. The number of nitrogens with zero attached hydrogens (tertiary/aromatic N) is 1. The molecule has 8 nitrogen and oxygen atoms in total. The third-order valence-electron chi connectivity index (χ3n) is 3.93. The SMILES string of the molecule is COc1ccc(NC(=O)Cc2csc(COc3ccc(Cl)cc3)n2)cc1OCC(N)=O. The standard InChI is InChI=1S/C21H20ClN3O5S/c1-28-17-7-4-14(8-18(17)30-10-19(23)26)24-20(27)9-15-12-31-21(25-15)11-29-16-5-2-13(22)3-6-16/h2-8,12H,9-11H2,1H3,(H2,23,26)(H,24,27). The smallest absolute Gasteiger partial charge is 0.255 e. The number of hydrogen-bond acceptors (Lipinski definition) is 7. The maximum Gasteiger partial charge on any atom is 0.255 e. The summed E-state index contributed by atoms with van der Waals surface area (Å²) < 4.78 is 16.2. The Morgan fingerprint density at radius 2 is 1.90 bits per heavy atom. The highest BCUT2D eigenvalue weighted by molar-refractivity contribution is 7.09. The molecule has 10 heteroatoms. The van der Waals surface area contributed by atoms with E-state index >= 15 is 0 Å². The maximum absolute atomic E-state index is 12.4. The Hall–Kier alpha value is -3.30. The number of amides is 2. The minimum atomic E-state index is -0.615. The summed E-state index contributed by atoms with van der Waals surface area (Å²) in [6.45, 7) is 0.000409. The number of aromatic nitrogens is 1. The van der Waals surface area contributed by atoms with Gasteiger partial charge in [-0.15, -0.1) is 11.3 Å². The van der Waals surface area contributed by atoms with E-state index in [-0.39, 0.29) is 18.9 Å². The molecule has 0 unspecified atom stereocenters. The average molecular weight is 462 g/mol. The number of rotatable bonds is 10. The number of thiazole rings is 1. The van der Waals surface area contributed by atoms with Crippen molar-refractivity contribution < 1.29 is 23.8 Å². The van der Waals surface area contributed by atoms with Crippen LogP contribution in [0.15, 0.2) is 47.8 Å². The van der Waals surface area contributed by atoms with Gasteiger partial charge in [0.1, 0.15) is 17.4 Å². The van der Waals surface area contributed by atoms with E-state index in [1.54, 1.807) is 42.5 Å². The van der Waals surface area contributed by atoms with Crippen molar-refractivity contribution in [2.24, 2.45) is 5.73 Å². The molecule has 2 aromatic carbocycles. The molecule has 0 spiro atoms. The van der Waals surface area contributed by atoms with Crippen LogP contribution in [0.25, 0.3) is 0 Å². The summed E-state index contributed by atoms with van der Waals surface area (Å²) in [5, 5.41) is 5.98. The van der Waals surface area contributed by atoms with Crippen molar-refractivity contribution in [1.29, 1.82) is 0 Å². The van der Waals surface area contributed by atoms with Crippen molar-refractivity contribution >= 4 is 40.4 Å². The normalized spacial score (nSPS) is 10.4. The fourth-order valence-corrected chi connectivity index (χ4v) is 3.39. The number of primary amides is 1. The fraction of sp³-hybridized carbons (Fsp3) is 0.190. The second-order valence-corrected chi connectivity index (χ2v) is 7.70. The lowest BCUT2D eigenvalue weighted by molar-refractivity contribution is -0.120. The van der Waals surface area contributed by atoms with Crippen LogP contribution in [0.3, 0.4) is 0 Å². The summed E-state index contributed by atoms with van der Waals surface area (Å²) in [6, 6.07) is 11.9. The monoisotopic (exact) mass is 461 g/mol. The van der Waals surface area contributed by atoms with Gasteiger partial charge in [-0.25, -0.2) is 4.98 Å². The van der Waals surface area contributed by atoms with E-state index < -0.39 is 5.91 Å². The van der Waals surface area contributed by atoms with Gasteiger partial charge in [0.15, 0.2) is 18.1 Å². The molecule has 0 saturated heterocycles. The van der Waals surface area contributed by atoms with Crippen LogP contribution < -0.4 is 25.3 Å². The van der Waals surface area contributed by atoms with Gasteiger partial charge in [0, 0.05) is 22.2 Å². The molecule has 1 heterocycles. The summed E-state index contributed by atoms with van der Waals surface area (Å²) in [5.41, 5.74) is 6.23. The largest absolute Gasteiger partial charge is 0.493 e. The van der Waals surface area contributed by atoms with E-state index in [1.165, 1.54) is 18.4 Å². The van der Waals surface area contributed by atoms with Crippen LogP contribution in [0, 0.1) is 0 Å². The molecule has 0 aliphatic carbocycles. The highest BCUT2D eigenvalue weighted by Crippen LogP contribution is 2.30. The van der Waals surface area contributed by atoms with Crippen LogP contribution in [0.1, 0.15) is 10.7 Å². The Kier molecular flexibility index (Phi) is 7.69. The van der Waals surface area contributed by atoms with Gasteiger partial charge in [-0.05, 0) is 36.4 Å². The molecule has 3 rings (SSSR count). The molecular formula is C21H20ClN3O5S. The zero-order valence-corrected chi connectivity index (χ0v) is 18.2. The summed E-state index contributed by atoms with van der Waals surface area (Å²) in [6.07, 6.45) is 0.0982. The van der Waals surface area contributed by atoms with Gasteiger partial charge >= 0.3 is 0 Å². The molecule has 0 fully saturated rings. The van der Waals surface area contributed by atoms with E-state index in [9.17, 15) is 9.59 Å². The first kappa shape index (κ1) is 22.4. The maximum atomic E-state index is 12.4. The quantitative estimate of drug-likeness (QED) is 0.478. The third-order valence-corrected chi connectivity index (χ3v) is 5.06. The van der Waals surface area contributed by atoms with Crippen molar-refractivity contribution in [2.45, 2.75) is 13.0 Å². The predicted molar refractivity (Wildman–Crippen MR) is 118 cm³/mol. The van der Waals surface area contributed by atoms with Crippen LogP contribution in [0.5, 0.6) is 17.2 Å². The third kappa shape index (κ3) is 6.87. The zero-order valence-electron chi connectivity index (χ0n) is 16.6. The number of carbonyl (C=O) groups excluding carboxylic acids is 2. The van der Waals surface area contributed by atoms with Crippen LogP contribution in [-0.4, -0.2) is 30.5 Å². The molecule has 162 valence electrons. The molecular weight excluding hydrogens is 442 g/mol. The van der Waals surface area contributed by atoms with Gasteiger partial charge in [-0.1, -0.05) is 11.6 Å². The molecule has 0 saturated carbocycles. The summed E-state index contributed by atoms with van der Waals surface area (Å²) in [7, 11) is 1.47. The molecule has 0 aliphatic rings. The first-order valence-corrected chi connectivity index (χ1v) is 10.4. The Labute approximate surface area is 187 Å². The predicted octanol–water partition coefficient (Wildman–Crippen LogP) is 3.43. The number of hydrogen-bond donors (Lipinski definition) is 2. The van der Waals surface area contributed by atoms with Gasteiger partial charge in [0.05, 0.1) is 19.2 Å². The first-order chi connectivity index (χ1) is 14.9. The van der Waals surface area contributed by atoms with Gasteiger partial charge in [0.2, 0.25) is 5.91 Å². The van der Waals surface area contributed by atoms with E-state index in [2.05, 4.69) is 10.3 Å². The number of nitrogens with two attached hydrogens (primary N) is 1. The van der Waals surface area contributed by atoms with Gasteiger partial charge in [-0.3, -0.25) is 9.59 Å². The number of ether oxygens (including phenoxy) is 3. The van der Waals surface area contributed by atoms with Crippen molar-refractivity contribution in [2.75, 3.05) is 19.0 Å². The minimum Gasteiger partial charge on any atom is -0.493 e. The fourth-order valence-electron chi connectivity index (χ4n) is 2.56. The van der Waals surface area contributed by atoms with E-state index in [1.807, 2.05) is 5.38 Å². The first-order valence-electron chi connectivity index (χ1n) is 9.13. The van der Waals surface area contributed by atoms with Crippen LogP contribution in [0.2, 0.25) is 5.02 Å². The highest BCUT2D eigenvalue weighted by atomic mass is 35.5. The second kappa shape index (κ2) is 10.6. The molecule has 31 heavy (non-hydrogen) atoms. The van der Waals surface area contributed by atoms with Crippen LogP contribution in [-0.2, 0) is 22.6 Å². The van der Waals surface area contributed by atoms with Crippen LogP contribution in [0.4, 0.5) is 5.69 Å². The summed E-state index contributed by atoms with van der Waals surface area (Å²) in [5.74, 6) is 0.545. The van der Waals surface area contributed by atoms with Gasteiger partial charge < -0.3 is 25.3 Å². The lowest BCUT2D eigenvalue weighted by atomic mass is 10.2. The number of anilines is 1. The van der Waals surface area contributed by atoms with Crippen LogP contribution >= 0.6 is 22.9 Å². The van der Waals surface area contributed by atoms with Gasteiger partial charge in [0.25, 0.3) is 5.91 Å². The molecule has 0 radical (unpaired) electrons. The Balaban J connectivity index is 1.55. The van der Waals surface area contributed by atoms with Gasteiger partial charge in [-0.2, -0.15) is 0 Å². The van der Waals surface area contributed by atoms with E-state index in [4.69, 9.17) is 31.5 Å². The van der Waals surface area contributed by atoms with E-state index in [0.29, 0.717) is 40.3 Å². The Morgan fingerprint density at radius 3 is 2.61 bits per heavy atom. The molecule has 1 aromatic heterocycles. The number of benzene rings is 2. The average Bonchev–Trinajstić information content (AvgIpc) is 3.19. The number of methoxy groups -OCH3 is 1. The zero-order chi connectivity index (χ0) is 22.2. The van der Waals surface area contributed by atoms with E-state index in [0.717, 1.165) is 5.01 Å². The molecule has 0 aliphatic heterocycles. The minimum absolute atomic E-state index is 0.0982. The Bertz CT molecular complexity index is 1060. The number of halogens is 1. The summed E-state index contributed by atoms with van der Waals surface area (Å²) in [4.78, 5) is 27.8. The van der Waals surface area contributed by atoms with Crippen molar-refractivity contribution in [3.05, 3.63) is 63.6 Å². The molecule has 3 aromatic rings. The molecule has 0 atom stereocenters. The number of carbonyl (C=O) groups is 2. The lowest BCUT2D eigenvalue weighted by Crippen LogP contribution is -2.20. The van der Waals surface area contributed by atoms with Crippen molar-refractivity contribution in [3.63, 3.8) is 0 Å². The highest BCUT2D eigenvalue weighted by Gasteiger charge is 2.12. The molecule has 2 amide bonds. The summed E-state index contributed by atoms with van der Waals surface area (Å²) >= 11 is 7.27. The topological polar surface area (TPSA) is 113 Å².